The van der Waals surface area contributed by atoms with Crippen molar-refractivity contribution in [3.63, 3.8) is 0 Å². The average molecular weight is 127 g/mol. The van der Waals surface area contributed by atoms with Gasteiger partial charge in [-0.3, -0.25) is 0 Å². The summed E-state index contributed by atoms with van der Waals surface area (Å²) in [4.78, 5) is 0. The first kappa shape index (κ1) is 5.69. The highest BCUT2D eigenvalue weighted by Crippen LogP contribution is 2.29. The lowest BCUT2D eigenvalue weighted by Gasteiger charge is -2.45. The fourth-order valence-corrected chi connectivity index (χ4v) is 1.67. The van der Waals surface area contributed by atoms with Crippen molar-refractivity contribution in [1.29, 1.82) is 0 Å². The van der Waals surface area contributed by atoms with Gasteiger partial charge >= 0.3 is 0 Å². The lowest BCUT2D eigenvalue weighted by molar-refractivity contribution is 0.00983. The molecule has 1 spiro atoms. The van der Waals surface area contributed by atoms with Crippen LogP contribution in [0.1, 0.15) is 19.3 Å². The van der Waals surface area contributed by atoms with E-state index in [0.29, 0.717) is 5.54 Å². The van der Waals surface area contributed by atoms with Gasteiger partial charge in [0, 0.05) is 18.8 Å². The molecule has 9 heavy (non-hydrogen) atoms. The minimum absolute atomic E-state index is 0.526. The van der Waals surface area contributed by atoms with E-state index >= 15 is 0 Å². The van der Waals surface area contributed by atoms with Crippen LogP contribution >= 0.6 is 0 Å². The number of rotatable bonds is 0. The third kappa shape index (κ3) is 0.864. The van der Waals surface area contributed by atoms with E-state index in [-0.39, 0.29) is 0 Å². The lowest BCUT2D eigenvalue weighted by Crippen LogP contribution is -2.59. The van der Waals surface area contributed by atoms with Crippen molar-refractivity contribution >= 4 is 0 Å². The summed E-state index contributed by atoms with van der Waals surface area (Å²) < 4.78 is 5.26. The van der Waals surface area contributed by atoms with Crippen LogP contribution in [0.25, 0.3) is 0 Å². The van der Waals surface area contributed by atoms with Crippen molar-refractivity contribution in [2.75, 3.05) is 19.8 Å². The summed E-state index contributed by atoms with van der Waals surface area (Å²) in [7, 11) is 0. The van der Waals surface area contributed by atoms with E-state index in [2.05, 4.69) is 5.32 Å². The number of nitrogens with one attached hydrogen (secondary N) is 1. The molecular formula is C7H13NO. The topological polar surface area (TPSA) is 21.3 Å². The molecule has 0 atom stereocenters. The molecule has 0 aromatic heterocycles. The second kappa shape index (κ2) is 1.96. The summed E-state index contributed by atoms with van der Waals surface area (Å²) in [5.41, 5.74) is 0.526. The summed E-state index contributed by atoms with van der Waals surface area (Å²) in [5.74, 6) is 0. The van der Waals surface area contributed by atoms with Gasteiger partial charge in [-0.2, -0.15) is 0 Å². The molecule has 0 aliphatic carbocycles. The van der Waals surface area contributed by atoms with Gasteiger partial charge in [-0.15, -0.1) is 0 Å². The van der Waals surface area contributed by atoms with Crippen molar-refractivity contribution in [3.8, 4) is 0 Å². The maximum Gasteiger partial charge on any atom is 0.0483 e. The van der Waals surface area contributed by atoms with Gasteiger partial charge in [0.05, 0.1) is 0 Å². The van der Waals surface area contributed by atoms with E-state index in [0.717, 1.165) is 13.2 Å². The van der Waals surface area contributed by atoms with Crippen LogP contribution in [-0.2, 0) is 4.74 Å². The predicted octanol–water partition coefficient (Wildman–Crippen LogP) is 0.529. The van der Waals surface area contributed by atoms with Gasteiger partial charge in [0.25, 0.3) is 0 Å². The number of hydrogen-bond acceptors (Lipinski definition) is 2. The molecule has 2 fully saturated rings. The van der Waals surface area contributed by atoms with Crippen molar-refractivity contribution in [2.45, 2.75) is 24.8 Å². The van der Waals surface area contributed by atoms with Gasteiger partial charge in [0.2, 0.25) is 0 Å². The van der Waals surface area contributed by atoms with Crippen LogP contribution < -0.4 is 5.32 Å². The number of ether oxygens (including phenoxy) is 1. The minimum Gasteiger partial charge on any atom is -0.381 e. The molecule has 0 bridgehead atoms. The highest BCUT2D eigenvalue weighted by molar-refractivity contribution is 4.97. The molecule has 2 heterocycles. The highest BCUT2D eigenvalue weighted by atomic mass is 16.5. The van der Waals surface area contributed by atoms with Gasteiger partial charge in [0.1, 0.15) is 0 Å². The molecule has 2 aliphatic heterocycles. The monoisotopic (exact) mass is 127 g/mol. The Bertz CT molecular complexity index is 101. The van der Waals surface area contributed by atoms with E-state index in [1.807, 2.05) is 0 Å². The Morgan fingerprint density at radius 2 is 1.78 bits per heavy atom. The third-order valence-electron chi connectivity index (χ3n) is 2.55. The van der Waals surface area contributed by atoms with E-state index < -0.39 is 0 Å². The zero-order valence-electron chi connectivity index (χ0n) is 5.65. The summed E-state index contributed by atoms with van der Waals surface area (Å²) in [6, 6.07) is 0. The molecule has 2 rings (SSSR count). The maximum absolute atomic E-state index is 5.26. The Morgan fingerprint density at radius 3 is 2.11 bits per heavy atom. The summed E-state index contributed by atoms with van der Waals surface area (Å²) in [6.45, 7) is 3.15. The Hall–Kier alpha value is -0.0800. The molecule has 1 N–H and O–H groups in total. The summed E-state index contributed by atoms with van der Waals surface area (Å²) >= 11 is 0. The van der Waals surface area contributed by atoms with Crippen LogP contribution in [-0.4, -0.2) is 25.3 Å². The van der Waals surface area contributed by atoms with Crippen molar-refractivity contribution < 1.29 is 4.74 Å². The van der Waals surface area contributed by atoms with Crippen molar-refractivity contribution in [3.05, 3.63) is 0 Å². The Labute approximate surface area is 55.6 Å². The van der Waals surface area contributed by atoms with Crippen LogP contribution in [0.2, 0.25) is 0 Å². The van der Waals surface area contributed by atoms with E-state index in [1.54, 1.807) is 0 Å². The van der Waals surface area contributed by atoms with Gasteiger partial charge in [-0.05, 0) is 25.8 Å². The van der Waals surface area contributed by atoms with Crippen LogP contribution in [0.4, 0.5) is 0 Å². The first-order valence-electron chi connectivity index (χ1n) is 3.74. The molecule has 2 heteroatoms. The SMILES string of the molecule is C1CC2(CCOCC2)N1. The first-order chi connectivity index (χ1) is 4.41. The van der Waals surface area contributed by atoms with E-state index in [1.165, 1.54) is 25.8 Å². The smallest absolute Gasteiger partial charge is 0.0483 e. The van der Waals surface area contributed by atoms with Gasteiger partial charge in [-0.1, -0.05) is 0 Å². The molecular weight excluding hydrogens is 114 g/mol. The van der Waals surface area contributed by atoms with Crippen LogP contribution in [0.15, 0.2) is 0 Å². The zero-order valence-corrected chi connectivity index (χ0v) is 5.65. The largest absolute Gasteiger partial charge is 0.381 e. The zero-order chi connectivity index (χ0) is 6.16. The van der Waals surface area contributed by atoms with Crippen LogP contribution in [0.5, 0.6) is 0 Å². The van der Waals surface area contributed by atoms with Crippen LogP contribution in [0.3, 0.4) is 0 Å². The standard InChI is InChI=1S/C7H13NO/c1-4-8-7(1)2-5-9-6-3-7/h8H,1-6H2. The Balaban J connectivity index is 1.93. The molecule has 52 valence electrons. The summed E-state index contributed by atoms with van der Waals surface area (Å²) in [5, 5.41) is 3.48. The quantitative estimate of drug-likeness (QED) is 0.512. The first-order valence-corrected chi connectivity index (χ1v) is 3.74. The number of hydrogen-bond donors (Lipinski definition) is 1. The summed E-state index contributed by atoms with van der Waals surface area (Å²) in [6.07, 6.45) is 3.83. The van der Waals surface area contributed by atoms with E-state index in [4.69, 9.17) is 4.74 Å². The third-order valence-corrected chi connectivity index (χ3v) is 2.55. The molecule has 0 radical (unpaired) electrons. The minimum atomic E-state index is 0.526. The fraction of sp³-hybridized carbons (Fsp3) is 1.00. The van der Waals surface area contributed by atoms with Crippen LogP contribution in [0, 0.1) is 0 Å². The fourth-order valence-electron chi connectivity index (χ4n) is 1.67. The molecule has 0 amide bonds. The second-order valence-electron chi connectivity index (χ2n) is 3.07. The van der Waals surface area contributed by atoms with Gasteiger partial charge in [-0.25, -0.2) is 0 Å². The molecule has 2 aliphatic rings. The van der Waals surface area contributed by atoms with Crippen molar-refractivity contribution in [2.24, 2.45) is 0 Å². The molecule has 2 nitrogen and oxygen atoms in total. The van der Waals surface area contributed by atoms with E-state index in [9.17, 15) is 0 Å². The molecule has 0 unspecified atom stereocenters. The predicted molar refractivity (Wildman–Crippen MR) is 35.4 cm³/mol. The molecule has 2 saturated heterocycles. The van der Waals surface area contributed by atoms with Gasteiger partial charge in [0.15, 0.2) is 0 Å². The Morgan fingerprint density at radius 1 is 1.11 bits per heavy atom. The normalized spacial score (nSPS) is 32.0. The Kier molecular flexibility index (Phi) is 1.24. The maximum atomic E-state index is 5.26. The van der Waals surface area contributed by atoms with Gasteiger partial charge < -0.3 is 10.1 Å². The van der Waals surface area contributed by atoms with Crippen molar-refractivity contribution in [1.82, 2.24) is 5.32 Å². The molecule has 0 saturated carbocycles. The molecule has 0 aromatic rings. The second-order valence-corrected chi connectivity index (χ2v) is 3.07. The highest BCUT2D eigenvalue weighted by Gasteiger charge is 2.37. The lowest BCUT2D eigenvalue weighted by atomic mass is 9.81. The average Bonchev–Trinajstić information content (AvgIpc) is 1.87. The molecule has 0 aromatic carbocycles.